The molecule has 0 fully saturated rings. The fourth-order valence-corrected chi connectivity index (χ4v) is 3.00. The summed E-state index contributed by atoms with van der Waals surface area (Å²) in [7, 11) is 0. The molecule has 0 amide bonds. The van der Waals surface area contributed by atoms with Crippen molar-refractivity contribution in [1.82, 2.24) is 0 Å². The van der Waals surface area contributed by atoms with Crippen molar-refractivity contribution in [3.05, 3.63) is 69.8 Å². The summed E-state index contributed by atoms with van der Waals surface area (Å²) in [5.74, 6) is 0. The molecule has 0 saturated carbocycles. The maximum atomic E-state index is 9.33. The van der Waals surface area contributed by atoms with Crippen LogP contribution in [0.1, 0.15) is 39.8 Å². The predicted molar refractivity (Wildman–Crippen MR) is 77.1 cm³/mol. The molecule has 0 spiro atoms. The van der Waals surface area contributed by atoms with E-state index in [0.29, 0.717) is 5.56 Å². The van der Waals surface area contributed by atoms with E-state index in [9.17, 15) is 5.26 Å². The zero-order valence-corrected chi connectivity index (χ0v) is 11.2. The first kappa shape index (κ1) is 12.5. The maximum Gasteiger partial charge on any atom is 0.0994 e. The van der Waals surface area contributed by atoms with E-state index in [-0.39, 0.29) is 0 Å². The van der Waals surface area contributed by atoms with Gasteiger partial charge in [0.05, 0.1) is 23.3 Å². The molecule has 2 heteroatoms. The van der Waals surface area contributed by atoms with Crippen molar-refractivity contribution < 1.29 is 0 Å². The first-order valence-electron chi connectivity index (χ1n) is 6.84. The van der Waals surface area contributed by atoms with Crippen molar-refractivity contribution in [1.29, 1.82) is 10.5 Å². The Bertz CT molecular complexity index is 745. The van der Waals surface area contributed by atoms with Crippen LogP contribution in [0.5, 0.6) is 0 Å². The number of benzene rings is 2. The molecule has 0 heterocycles. The molecule has 2 aromatic carbocycles. The Hall–Kier alpha value is -2.58. The van der Waals surface area contributed by atoms with Gasteiger partial charge in [-0.05, 0) is 66.1 Å². The Labute approximate surface area is 118 Å². The van der Waals surface area contributed by atoms with Gasteiger partial charge in [0.25, 0.3) is 0 Å². The second kappa shape index (κ2) is 5.19. The van der Waals surface area contributed by atoms with E-state index in [4.69, 9.17) is 5.26 Å². The smallest absolute Gasteiger partial charge is 0.0994 e. The molecule has 1 aliphatic rings. The lowest BCUT2D eigenvalue weighted by Gasteiger charge is -2.11. The van der Waals surface area contributed by atoms with Crippen LogP contribution in [0.2, 0.25) is 0 Å². The van der Waals surface area contributed by atoms with Gasteiger partial charge >= 0.3 is 0 Å². The fourth-order valence-electron chi connectivity index (χ4n) is 3.00. The largest absolute Gasteiger partial charge is 0.192 e. The summed E-state index contributed by atoms with van der Waals surface area (Å²) >= 11 is 0. The molecule has 0 N–H and O–H groups in total. The molecule has 0 atom stereocenters. The van der Waals surface area contributed by atoms with Gasteiger partial charge in [0.15, 0.2) is 0 Å². The van der Waals surface area contributed by atoms with E-state index < -0.39 is 0 Å². The number of aryl methyl sites for hydroxylation is 1. The highest BCUT2D eigenvalue weighted by Crippen LogP contribution is 2.29. The quantitative estimate of drug-likeness (QED) is 0.827. The molecule has 2 nitrogen and oxygen atoms in total. The predicted octanol–water partition coefficient (Wildman–Crippen LogP) is 3.51. The first-order chi connectivity index (χ1) is 9.81. The highest BCUT2D eigenvalue weighted by Gasteiger charge is 2.18. The van der Waals surface area contributed by atoms with Crippen LogP contribution in [-0.2, 0) is 19.3 Å². The second-order valence-corrected chi connectivity index (χ2v) is 5.18. The molecule has 0 bridgehead atoms. The Morgan fingerprint density at radius 2 is 1.90 bits per heavy atom. The zero-order valence-electron chi connectivity index (χ0n) is 11.2. The zero-order chi connectivity index (χ0) is 13.9. The monoisotopic (exact) mass is 258 g/mol. The first-order valence-corrected chi connectivity index (χ1v) is 6.84. The minimum absolute atomic E-state index is 0.675. The standard InChI is InChI=1S/C18H14N2/c19-11-14-4-1-3-13(9-14)10-18-16(12-20)8-7-15-5-2-6-17(15)18/h1,3-4,7-9H,2,5-6,10H2. The van der Waals surface area contributed by atoms with Crippen LogP contribution in [0.4, 0.5) is 0 Å². The lowest BCUT2D eigenvalue weighted by molar-refractivity contribution is 0.906. The molecule has 0 aliphatic heterocycles. The molecule has 0 radical (unpaired) electrons. The van der Waals surface area contributed by atoms with E-state index >= 15 is 0 Å². The van der Waals surface area contributed by atoms with Crippen molar-refractivity contribution in [3.8, 4) is 12.1 Å². The Morgan fingerprint density at radius 3 is 2.70 bits per heavy atom. The van der Waals surface area contributed by atoms with Crippen LogP contribution in [-0.4, -0.2) is 0 Å². The summed E-state index contributed by atoms with van der Waals surface area (Å²) in [6.45, 7) is 0. The van der Waals surface area contributed by atoms with Gasteiger partial charge in [-0.3, -0.25) is 0 Å². The Morgan fingerprint density at radius 1 is 1.00 bits per heavy atom. The van der Waals surface area contributed by atoms with E-state index in [0.717, 1.165) is 36.0 Å². The third-order valence-electron chi connectivity index (χ3n) is 3.96. The highest BCUT2D eigenvalue weighted by atomic mass is 14.3. The number of nitrogens with zero attached hydrogens (tertiary/aromatic N) is 2. The van der Waals surface area contributed by atoms with Gasteiger partial charge in [-0.2, -0.15) is 10.5 Å². The summed E-state index contributed by atoms with van der Waals surface area (Å²) in [6, 6.07) is 16.2. The summed E-state index contributed by atoms with van der Waals surface area (Å²) in [6.07, 6.45) is 4.10. The SMILES string of the molecule is N#Cc1cccc(Cc2c(C#N)ccc3c2CCC3)c1. The number of nitriles is 2. The summed E-state index contributed by atoms with van der Waals surface area (Å²) in [4.78, 5) is 0. The van der Waals surface area contributed by atoms with Crippen LogP contribution in [0, 0.1) is 22.7 Å². The van der Waals surface area contributed by atoms with Crippen molar-refractivity contribution in [3.63, 3.8) is 0 Å². The molecule has 0 saturated heterocycles. The van der Waals surface area contributed by atoms with Crippen molar-refractivity contribution in [2.24, 2.45) is 0 Å². The lowest BCUT2D eigenvalue weighted by Crippen LogP contribution is -1.99. The molecule has 0 unspecified atom stereocenters. The molecule has 0 aromatic heterocycles. The molecule has 1 aliphatic carbocycles. The van der Waals surface area contributed by atoms with Crippen LogP contribution in [0.15, 0.2) is 36.4 Å². The van der Waals surface area contributed by atoms with Gasteiger partial charge in [-0.1, -0.05) is 18.2 Å². The van der Waals surface area contributed by atoms with Crippen molar-refractivity contribution >= 4 is 0 Å². The number of fused-ring (bicyclic) bond motifs is 1. The number of hydrogen-bond acceptors (Lipinski definition) is 2. The van der Waals surface area contributed by atoms with Gasteiger partial charge < -0.3 is 0 Å². The summed E-state index contributed by atoms with van der Waals surface area (Å²) in [5.41, 5.74) is 6.43. The third-order valence-corrected chi connectivity index (χ3v) is 3.96. The van der Waals surface area contributed by atoms with E-state index in [2.05, 4.69) is 18.2 Å². The highest BCUT2D eigenvalue weighted by molar-refractivity contribution is 5.51. The fraction of sp³-hybridized carbons (Fsp3) is 0.222. The summed E-state index contributed by atoms with van der Waals surface area (Å²) in [5, 5.41) is 18.3. The Kier molecular flexibility index (Phi) is 3.23. The van der Waals surface area contributed by atoms with Crippen molar-refractivity contribution in [2.45, 2.75) is 25.7 Å². The molecule has 96 valence electrons. The second-order valence-electron chi connectivity index (χ2n) is 5.18. The molecular formula is C18H14N2. The van der Waals surface area contributed by atoms with Gasteiger partial charge in [0.2, 0.25) is 0 Å². The molecule has 3 rings (SSSR count). The van der Waals surface area contributed by atoms with Crippen LogP contribution in [0.25, 0.3) is 0 Å². The van der Waals surface area contributed by atoms with Gasteiger partial charge in [-0.15, -0.1) is 0 Å². The average molecular weight is 258 g/mol. The molecular weight excluding hydrogens is 244 g/mol. The number of rotatable bonds is 2. The average Bonchev–Trinajstić information content (AvgIpc) is 2.96. The van der Waals surface area contributed by atoms with Crippen LogP contribution >= 0.6 is 0 Å². The Balaban J connectivity index is 2.04. The maximum absolute atomic E-state index is 9.33. The van der Waals surface area contributed by atoms with E-state index in [1.54, 1.807) is 0 Å². The normalized spacial score (nSPS) is 12.5. The van der Waals surface area contributed by atoms with Crippen LogP contribution < -0.4 is 0 Å². The number of hydrogen-bond donors (Lipinski definition) is 0. The minimum Gasteiger partial charge on any atom is -0.192 e. The van der Waals surface area contributed by atoms with Gasteiger partial charge in [0.1, 0.15) is 0 Å². The van der Waals surface area contributed by atoms with E-state index in [1.807, 2.05) is 30.3 Å². The van der Waals surface area contributed by atoms with Gasteiger partial charge in [0, 0.05) is 0 Å². The van der Waals surface area contributed by atoms with Crippen LogP contribution in [0.3, 0.4) is 0 Å². The lowest BCUT2D eigenvalue weighted by atomic mass is 9.92. The van der Waals surface area contributed by atoms with Gasteiger partial charge in [-0.25, -0.2) is 0 Å². The third kappa shape index (κ3) is 2.17. The topological polar surface area (TPSA) is 47.6 Å². The van der Waals surface area contributed by atoms with E-state index in [1.165, 1.54) is 17.5 Å². The minimum atomic E-state index is 0.675. The molecule has 2 aromatic rings. The molecule has 20 heavy (non-hydrogen) atoms. The summed E-state index contributed by atoms with van der Waals surface area (Å²) < 4.78 is 0. The van der Waals surface area contributed by atoms with Crippen molar-refractivity contribution in [2.75, 3.05) is 0 Å².